The smallest absolute Gasteiger partial charge is 0.167 e. The first-order valence-electron chi connectivity index (χ1n) is 7.02. The SMILES string of the molecule is CC1(C)CC(=O)c2ccccc2N1Cc1ccccc1. The van der Waals surface area contributed by atoms with E-state index in [-0.39, 0.29) is 11.3 Å². The highest BCUT2D eigenvalue weighted by Crippen LogP contribution is 2.37. The van der Waals surface area contributed by atoms with Crippen LogP contribution >= 0.6 is 0 Å². The van der Waals surface area contributed by atoms with E-state index in [1.54, 1.807) is 0 Å². The van der Waals surface area contributed by atoms with E-state index in [0.717, 1.165) is 17.8 Å². The summed E-state index contributed by atoms with van der Waals surface area (Å²) in [6, 6.07) is 18.3. The second-order valence-corrected chi connectivity index (χ2v) is 6.00. The molecule has 0 fully saturated rings. The van der Waals surface area contributed by atoms with Crippen molar-refractivity contribution in [3.8, 4) is 0 Å². The molecule has 0 aliphatic carbocycles. The van der Waals surface area contributed by atoms with Gasteiger partial charge in [-0.2, -0.15) is 0 Å². The first-order chi connectivity index (χ1) is 9.58. The summed E-state index contributed by atoms with van der Waals surface area (Å²) in [5, 5.41) is 0. The van der Waals surface area contributed by atoms with Crippen LogP contribution in [-0.2, 0) is 6.54 Å². The van der Waals surface area contributed by atoms with Gasteiger partial charge >= 0.3 is 0 Å². The van der Waals surface area contributed by atoms with E-state index in [4.69, 9.17) is 0 Å². The molecule has 2 heteroatoms. The number of benzene rings is 2. The van der Waals surface area contributed by atoms with Gasteiger partial charge in [0.05, 0.1) is 0 Å². The van der Waals surface area contributed by atoms with Crippen molar-refractivity contribution in [2.45, 2.75) is 32.4 Å². The second kappa shape index (κ2) is 4.78. The molecular formula is C18H19NO. The number of carbonyl (C=O) groups excluding carboxylic acids is 1. The molecule has 102 valence electrons. The maximum Gasteiger partial charge on any atom is 0.167 e. The minimum absolute atomic E-state index is 0.152. The number of fused-ring (bicyclic) bond motifs is 1. The van der Waals surface area contributed by atoms with Crippen LogP contribution < -0.4 is 4.90 Å². The van der Waals surface area contributed by atoms with Crippen LogP contribution in [0.5, 0.6) is 0 Å². The largest absolute Gasteiger partial charge is 0.361 e. The summed E-state index contributed by atoms with van der Waals surface area (Å²) in [6.07, 6.45) is 0.566. The molecular weight excluding hydrogens is 246 g/mol. The predicted molar refractivity (Wildman–Crippen MR) is 82.1 cm³/mol. The molecule has 2 aromatic carbocycles. The zero-order valence-electron chi connectivity index (χ0n) is 12.0. The maximum atomic E-state index is 12.3. The second-order valence-electron chi connectivity index (χ2n) is 6.00. The lowest BCUT2D eigenvalue weighted by molar-refractivity contribution is 0.0946. The molecule has 0 N–H and O–H groups in total. The Bertz CT molecular complexity index is 631. The Labute approximate surface area is 120 Å². The van der Waals surface area contributed by atoms with Gasteiger partial charge < -0.3 is 4.90 Å². The first-order valence-corrected chi connectivity index (χ1v) is 7.02. The molecule has 0 saturated carbocycles. The van der Waals surface area contributed by atoms with Gasteiger partial charge in [-0.1, -0.05) is 42.5 Å². The third-order valence-corrected chi connectivity index (χ3v) is 4.00. The van der Waals surface area contributed by atoms with Gasteiger partial charge in [-0.15, -0.1) is 0 Å². The van der Waals surface area contributed by atoms with E-state index < -0.39 is 0 Å². The number of carbonyl (C=O) groups is 1. The third kappa shape index (κ3) is 2.22. The van der Waals surface area contributed by atoms with Crippen LogP contribution in [0.1, 0.15) is 36.2 Å². The van der Waals surface area contributed by atoms with E-state index in [9.17, 15) is 4.79 Å². The van der Waals surface area contributed by atoms with Gasteiger partial charge in [0, 0.05) is 29.8 Å². The van der Waals surface area contributed by atoms with Crippen molar-refractivity contribution in [3.63, 3.8) is 0 Å². The van der Waals surface area contributed by atoms with Gasteiger partial charge in [0.15, 0.2) is 5.78 Å². The summed E-state index contributed by atoms with van der Waals surface area (Å²) in [5.74, 6) is 0.245. The van der Waals surface area contributed by atoms with E-state index in [1.165, 1.54) is 5.56 Å². The van der Waals surface area contributed by atoms with Crippen LogP contribution in [0.2, 0.25) is 0 Å². The van der Waals surface area contributed by atoms with Crippen LogP contribution in [0, 0.1) is 0 Å². The van der Waals surface area contributed by atoms with Crippen molar-refractivity contribution in [1.82, 2.24) is 0 Å². The van der Waals surface area contributed by atoms with Crippen LogP contribution in [0.3, 0.4) is 0 Å². The molecule has 20 heavy (non-hydrogen) atoms. The molecule has 0 aromatic heterocycles. The van der Waals surface area contributed by atoms with Gasteiger partial charge in [0.25, 0.3) is 0 Å². The average Bonchev–Trinajstić information content (AvgIpc) is 2.44. The Kier molecular flexibility index (Phi) is 3.09. The molecule has 0 unspecified atom stereocenters. The highest BCUT2D eigenvalue weighted by Gasteiger charge is 2.36. The van der Waals surface area contributed by atoms with Crippen molar-refractivity contribution in [2.24, 2.45) is 0 Å². The van der Waals surface area contributed by atoms with E-state index >= 15 is 0 Å². The Hall–Kier alpha value is -2.09. The molecule has 2 nitrogen and oxygen atoms in total. The van der Waals surface area contributed by atoms with Gasteiger partial charge in [-0.3, -0.25) is 4.79 Å². The highest BCUT2D eigenvalue weighted by atomic mass is 16.1. The lowest BCUT2D eigenvalue weighted by atomic mass is 9.85. The number of rotatable bonds is 2. The molecule has 1 heterocycles. The lowest BCUT2D eigenvalue weighted by Gasteiger charge is -2.44. The number of hydrogen-bond donors (Lipinski definition) is 0. The van der Waals surface area contributed by atoms with Crippen LogP contribution in [0.15, 0.2) is 54.6 Å². The van der Waals surface area contributed by atoms with Crippen LogP contribution in [0.4, 0.5) is 5.69 Å². The van der Waals surface area contributed by atoms with Gasteiger partial charge in [0.2, 0.25) is 0 Å². The number of para-hydroxylation sites is 1. The number of ketones is 1. The zero-order valence-corrected chi connectivity index (χ0v) is 12.0. The molecule has 0 amide bonds. The fourth-order valence-electron chi connectivity index (χ4n) is 2.92. The normalized spacial score (nSPS) is 16.9. The fraction of sp³-hybridized carbons (Fsp3) is 0.278. The summed E-state index contributed by atoms with van der Waals surface area (Å²) < 4.78 is 0. The molecule has 0 spiro atoms. The molecule has 0 saturated heterocycles. The number of nitrogens with zero attached hydrogens (tertiary/aromatic N) is 1. The summed E-state index contributed by atoms with van der Waals surface area (Å²) in [5.41, 5.74) is 3.02. The number of Topliss-reactive ketones (excluding diaryl/α,β-unsaturated/α-hetero) is 1. The topological polar surface area (TPSA) is 20.3 Å². The van der Waals surface area contributed by atoms with Gasteiger partial charge in [-0.25, -0.2) is 0 Å². The van der Waals surface area contributed by atoms with E-state index in [0.29, 0.717) is 6.42 Å². The quantitative estimate of drug-likeness (QED) is 0.816. The molecule has 3 rings (SSSR count). The van der Waals surface area contributed by atoms with Crippen molar-refractivity contribution in [1.29, 1.82) is 0 Å². The first kappa shape index (κ1) is 12.9. The van der Waals surface area contributed by atoms with Crippen molar-refractivity contribution in [2.75, 3.05) is 4.90 Å². The standard InChI is InChI=1S/C18H19NO/c1-18(2)12-17(20)15-10-6-7-11-16(15)19(18)13-14-8-4-3-5-9-14/h3-11H,12-13H2,1-2H3. The van der Waals surface area contributed by atoms with Crippen LogP contribution in [-0.4, -0.2) is 11.3 Å². The Morgan fingerprint density at radius 2 is 1.65 bits per heavy atom. The number of hydrogen-bond acceptors (Lipinski definition) is 2. The zero-order chi connectivity index (χ0) is 14.2. The van der Waals surface area contributed by atoms with Gasteiger partial charge in [0.1, 0.15) is 0 Å². The summed E-state index contributed by atoms with van der Waals surface area (Å²) >= 11 is 0. The average molecular weight is 265 g/mol. The lowest BCUT2D eigenvalue weighted by Crippen LogP contribution is -2.48. The van der Waals surface area contributed by atoms with Gasteiger partial charge in [-0.05, 0) is 31.5 Å². The molecule has 0 bridgehead atoms. The van der Waals surface area contributed by atoms with E-state index in [2.05, 4.69) is 49.1 Å². The summed E-state index contributed by atoms with van der Waals surface area (Å²) in [7, 11) is 0. The minimum atomic E-state index is -0.152. The third-order valence-electron chi connectivity index (χ3n) is 4.00. The Morgan fingerprint density at radius 1 is 1.00 bits per heavy atom. The molecule has 0 atom stereocenters. The summed E-state index contributed by atoms with van der Waals surface area (Å²) in [4.78, 5) is 14.6. The molecule has 1 aliphatic heterocycles. The van der Waals surface area contributed by atoms with Crippen molar-refractivity contribution < 1.29 is 4.79 Å². The summed E-state index contributed by atoms with van der Waals surface area (Å²) in [6.45, 7) is 5.12. The Balaban J connectivity index is 2.03. The van der Waals surface area contributed by atoms with Crippen molar-refractivity contribution >= 4 is 11.5 Å². The molecule has 0 radical (unpaired) electrons. The fourth-order valence-corrected chi connectivity index (χ4v) is 2.92. The molecule has 1 aliphatic rings. The van der Waals surface area contributed by atoms with Crippen molar-refractivity contribution in [3.05, 3.63) is 65.7 Å². The predicted octanol–water partition coefficient (Wildman–Crippen LogP) is 4.06. The number of anilines is 1. The maximum absolute atomic E-state index is 12.3. The molecule has 2 aromatic rings. The van der Waals surface area contributed by atoms with E-state index in [1.807, 2.05) is 24.3 Å². The Morgan fingerprint density at radius 3 is 2.40 bits per heavy atom. The van der Waals surface area contributed by atoms with Crippen LogP contribution in [0.25, 0.3) is 0 Å². The minimum Gasteiger partial charge on any atom is -0.361 e. The monoisotopic (exact) mass is 265 g/mol. The highest BCUT2D eigenvalue weighted by molar-refractivity contribution is 6.04.